The lowest BCUT2D eigenvalue weighted by atomic mass is 10.1. The molecule has 0 N–H and O–H groups in total. The van der Waals surface area contributed by atoms with Gasteiger partial charge in [-0.15, -0.1) is 0 Å². The van der Waals surface area contributed by atoms with Crippen molar-refractivity contribution in [3.05, 3.63) is 35.4 Å². The topological polar surface area (TPSA) is 20.3 Å². The molecule has 0 aliphatic rings. The number of benzene rings is 1. The van der Waals surface area contributed by atoms with Crippen LogP contribution in [0.2, 0.25) is 0 Å². The maximum Gasteiger partial charge on any atom is 0.223 e. The van der Waals surface area contributed by atoms with E-state index in [0.29, 0.717) is 12.3 Å². The third kappa shape index (κ3) is 5.46. The Morgan fingerprint density at radius 1 is 1.21 bits per heavy atom. The number of hydrogen-bond acceptors (Lipinski definition) is 1. The van der Waals surface area contributed by atoms with E-state index in [4.69, 9.17) is 0 Å². The highest BCUT2D eigenvalue weighted by atomic mass is 16.2. The molecular formula is C17H27NO. The van der Waals surface area contributed by atoms with Crippen LogP contribution in [0.25, 0.3) is 0 Å². The van der Waals surface area contributed by atoms with Gasteiger partial charge in [0.25, 0.3) is 0 Å². The van der Waals surface area contributed by atoms with Crippen molar-refractivity contribution in [2.45, 2.75) is 53.5 Å². The van der Waals surface area contributed by atoms with Crippen LogP contribution in [-0.2, 0) is 11.2 Å². The van der Waals surface area contributed by atoms with Crippen LogP contribution in [-0.4, -0.2) is 23.4 Å². The average molecular weight is 261 g/mol. The van der Waals surface area contributed by atoms with Gasteiger partial charge in [-0.25, -0.2) is 0 Å². The van der Waals surface area contributed by atoms with Crippen molar-refractivity contribution >= 4 is 5.91 Å². The molecule has 0 heterocycles. The van der Waals surface area contributed by atoms with Crippen molar-refractivity contribution in [3.8, 4) is 0 Å². The third-order valence-electron chi connectivity index (χ3n) is 3.22. The van der Waals surface area contributed by atoms with Crippen LogP contribution in [0.4, 0.5) is 0 Å². The Morgan fingerprint density at radius 2 is 1.89 bits per heavy atom. The van der Waals surface area contributed by atoms with Crippen molar-refractivity contribution in [2.24, 2.45) is 5.92 Å². The monoisotopic (exact) mass is 261 g/mol. The maximum atomic E-state index is 12.3. The molecule has 0 saturated heterocycles. The molecular weight excluding hydrogens is 234 g/mol. The van der Waals surface area contributed by atoms with Crippen LogP contribution in [0.1, 0.15) is 45.2 Å². The number of amides is 1. The number of aryl methyl sites for hydroxylation is 2. The maximum absolute atomic E-state index is 12.3. The first kappa shape index (κ1) is 15.7. The Kier molecular flexibility index (Phi) is 6.07. The van der Waals surface area contributed by atoms with Gasteiger partial charge in [0.15, 0.2) is 0 Å². The summed E-state index contributed by atoms with van der Waals surface area (Å²) < 4.78 is 0. The first-order valence-electron chi connectivity index (χ1n) is 7.25. The van der Waals surface area contributed by atoms with E-state index < -0.39 is 0 Å². The van der Waals surface area contributed by atoms with E-state index in [1.807, 2.05) is 4.90 Å². The lowest BCUT2D eigenvalue weighted by Crippen LogP contribution is -2.39. The standard InChI is InChI=1S/C17H27NO/c1-13(2)12-18(14(3)4)17(19)10-9-16-8-6-7-15(5)11-16/h6-8,11,13-14H,9-10,12H2,1-5H3. The Morgan fingerprint density at radius 3 is 2.42 bits per heavy atom. The molecule has 2 heteroatoms. The molecule has 1 amide bonds. The van der Waals surface area contributed by atoms with Gasteiger partial charge in [0.1, 0.15) is 0 Å². The van der Waals surface area contributed by atoms with E-state index in [-0.39, 0.29) is 11.9 Å². The molecule has 0 atom stereocenters. The quantitative estimate of drug-likeness (QED) is 0.762. The second-order valence-corrected chi connectivity index (χ2v) is 6.02. The van der Waals surface area contributed by atoms with Gasteiger partial charge in [0.05, 0.1) is 0 Å². The van der Waals surface area contributed by atoms with Crippen molar-refractivity contribution in [1.82, 2.24) is 4.90 Å². The first-order valence-corrected chi connectivity index (χ1v) is 7.25. The SMILES string of the molecule is Cc1cccc(CCC(=O)N(CC(C)C)C(C)C)c1. The summed E-state index contributed by atoms with van der Waals surface area (Å²) in [5.74, 6) is 0.788. The summed E-state index contributed by atoms with van der Waals surface area (Å²) in [6, 6.07) is 8.69. The van der Waals surface area contributed by atoms with Gasteiger partial charge in [-0.1, -0.05) is 43.7 Å². The lowest BCUT2D eigenvalue weighted by molar-refractivity contribution is -0.133. The minimum atomic E-state index is 0.269. The fraction of sp³-hybridized carbons (Fsp3) is 0.588. The molecule has 0 aliphatic carbocycles. The minimum Gasteiger partial charge on any atom is -0.340 e. The van der Waals surface area contributed by atoms with Crippen LogP contribution in [0, 0.1) is 12.8 Å². The Hall–Kier alpha value is -1.31. The summed E-state index contributed by atoms with van der Waals surface area (Å²) in [6.07, 6.45) is 1.44. The van der Waals surface area contributed by atoms with Crippen LogP contribution in [0.3, 0.4) is 0 Å². The first-order chi connectivity index (χ1) is 8.90. The van der Waals surface area contributed by atoms with Gasteiger partial charge in [-0.05, 0) is 38.7 Å². The highest BCUT2D eigenvalue weighted by Crippen LogP contribution is 2.11. The zero-order valence-electron chi connectivity index (χ0n) is 12.9. The van der Waals surface area contributed by atoms with E-state index in [1.165, 1.54) is 11.1 Å². The van der Waals surface area contributed by atoms with Crippen molar-refractivity contribution < 1.29 is 4.79 Å². The van der Waals surface area contributed by atoms with E-state index >= 15 is 0 Å². The molecule has 0 radical (unpaired) electrons. The molecule has 0 bridgehead atoms. The predicted molar refractivity (Wildman–Crippen MR) is 81.2 cm³/mol. The van der Waals surface area contributed by atoms with E-state index in [9.17, 15) is 4.79 Å². The highest BCUT2D eigenvalue weighted by Gasteiger charge is 2.17. The molecule has 0 fully saturated rings. The van der Waals surface area contributed by atoms with Gasteiger partial charge in [0.2, 0.25) is 5.91 Å². The van der Waals surface area contributed by atoms with Gasteiger partial charge in [0, 0.05) is 19.0 Å². The summed E-state index contributed by atoms with van der Waals surface area (Å²) in [5, 5.41) is 0. The largest absolute Gasteiger partial charge is 0.340 e. The zero-order chi connectivity index (χ0) is 14.4. The van der Waals surface area contributed by atoms with Crippen molar-refractivity contribution in [1.29, 1.82) is 0 Å². The summed E-state index contributed by atoms with van der Waals surface area (Å²) >= 11 is 0. The van der Waals surface area contributed by atoms with Crippen LogP contribution in [0.5, 0.6) is 0 Å². The molecule has 0 unspecified atom stereocenters. The van der Waals surface area contributed by atoms with E-state index in [1.54, 1.807) is 0 Å². The normalized spacial score (nSPS) is 11.1. The summed E-state index contributed by atoms with van der Waals surface area (Å²) in [5.41, 5.74) is 2.51. The summed E-state index contributed by atoms with van der Waals surface area (Å²) in [6.45, 7) is 11.4. The molecule has 2 nitrogen and oxygen atoms in total. The number of nitrogens with zero attached hydrogens (tertiary/aromatic N) is 1. The van der Waals surface area contributed by atoms with Gasteiger partial charge >= 0.3 is 0 Å². The van der Waals surface area contributed by atoms with Crippen LogP contribution in [0.15, 0.2) is 24.3 Å². The number of hydrogen-bond donors (Lipinski definition) is 0. The Balaban J connectivity index is 2.57. The van der Waals surface area contributed by atoms with Crippen LogP contribution >= 0.6 is 0 Å². The van der Waals surface area contributed by atoms with E-state index in [2.05, 4.69) is 58.9 Å². The fourth-order valence-corrected chi connectivity index (χ4v) is 2.26. The summed E-state index contributed by atoms with van der Waals surface area (Å²) in [7, 11) is 0. The lowest BCUT2D eigenvalue weighted by Gasteiger charge is -2.28. The van der Waals surface area contributed by atoms with Crippen molar-refractivity contribution in [3.63, 3.8) is 0 Å². The average Bonchev–Trinajstić information content (AvgIpc) is 2.32. The molecule has 0 spiro atoms. The van der Waals surface area contributed by atoms with Gasteiger partial charge in [-0.3, -0.25) is 4.79 Å². The fourth-order valence-electron chi connectivity index (χ4n) is 2.26. The second-order valence-electron chi connectivity index (χ2n) is 6.02. The molecule has 1 aromatic rings. The molecule has 0 saturated carbocycles. The number of carbonyl (C=O) groups is 1. The van der Waals surface area contributed by atoms with Gasteiger partial charge in [-0.2, -0.15) is 0 Å². The van der Waals surface area contributed by atoms with Crippen LogP contribution < -0.4 is 0 Å². The Labute approximate surface area is 117 Å². The van der Waals surface area contributed by atoms with Crippen molar-refractivity contribution in [2.75, 3.05) is 6.54 Å². The molecule has 106 valence electrons. The molecule has 1 rings (SSSR count). The molecule has 0 aromatic heterocycles. The minimum absolute atomic E-state index is 0.269. The number of carbonyl (C=O) groups excluding carboxylic acids is 1. The zero-order valence-corrected chi connectivity index (χ0v) is 12.9. The molecule has 19 heavy (non-hydrogen) atoms. The smallest absolute Gasteiger partial charge is 0.223 e. The predicted octanol–water partition coefficient (Wildman–Crippen LogP) is 3.82. The molecule has 0 aliphatic heterocycles. The Bertz CT molecular complexity index is 409. The van der Waals surface area contributed by atoms with Gasteiger partial charge < -0.3 is 4.90 Å². The van der Waals surface area contributed by atoms with E-state index in [0.717, 1.165) is 13.0 Å². The summed E-state index contributed by atoms with van der Waals surface area (Å²) in [4.78, 5) is 14.3. The number of rotatable bonds is 6. The highest BCUT2D eigenvalue weighted by molar-refractivity contribution is 5.76. The molecule has 1 aromatic carbocycles. The third-order valence-corrected chi connectivity index (χ3v) is 3.22. The second kappa shape index (κ2) is 7.32.